The third-order valence-corrected chi connectivity index (χ3v) is 7.90. The van der Waals surface area contributed by atoms with Crippen LogP contribution in [-0.4, -0.2) is 55.7 Å². The summed E-state index contributed by atoms with van der Waals surface area (Å²) >= 11 is 0. The van der Waals surface area contributed by atoms with Crippen LogP contribution in [0.25, 0.3) is 0 Å². The Bertz CT molecular complexity index is 542. The standard InChI is InChI=1S/C15H24N2O4S/c18-15(10-2-1-3-10)16-7-12-6-11-8-17(9-14(11)21-12)22(19,20)13-4-5-13/h10-14H,1-9H2,(H,16,18)/t11-,12-,14+/m1/s1. The van der Waals surface area contributed by atoms with E-state index >= 15 is 0 Å². The van der Waals surface area contributed by atoms with Crippen molar-refractivity contribution in [2.45, 2.75) is 56.0 Å². The molecule has 2 saturated carbocycles. The van der Waals surface area contributed by atoms with E-state index in [1.165, 1.54) is 0 Å². The molecule has 2 aliphatic carbocycles. The van der Waals surface area contributed by atoms with Crippen molar-refractivity contribution in [2.24, 2.45) is 11.8 Å². The van der Waals surface area contributed by atoms with Gasteiger partial charge in [-0.15, -0.1) is 0 Å². The van der Waals surface area contributed by atoms with Gasteiger partial charge in [-0.25, -0.2) is 8.42 Å². The Balaban J connectivity index is 1.26. The number of sulfonamides is 1. The molecule has 124 valence electrons. The molecule has 2 saturated heterocycles. The van der Waals surface area contributed by atoms with Gasteiger partial charge in [-0.05, 0) is 32.1 Å². The predicted molar refractivity (Wildman–Crippen MR) is 80.6 cm³/mol. The first kappa shape index (κ1) is 14.9. The summed E-state index contributed by atoms with van der Waals surface area (Å²) in [5.41, 5.74) is 0. The minimum absolute atomic E-state index is 0.0131. The quantitative estimate of drug-likeness (QED) is 0.797. The van der Waals surface area contributed by atoms with Gasteiger partial charge in [0.25, 0.3) is 0 Å². The zero-order valence-electron chi connectivity index (χ0n) is 12.7. The minimum atomic E-state index is -3.07. The summed E-state index contributed by atoms with van der Waals surface area (Å²) in [6, 6.07) is 0. The van der Waals surface area contributed by atoms with Gasteiger partial charge in [-0.3, -0.25) is 4.79 Å². The van der Waals surface area contributed by atoms with Crippen LogP contribution < -0.4 is 5.32 Å². The van der Waals surface area contributed by atoms with E-state index in [1.807, 2.05) is 0 Å². The lowest BCUT2D eigenvalue weighted by atomic mass is 9.85. The Kier molecular flexibility index (Phi) is 3.70. The normalized spacial score (nSPS) is 36.1. The van der Waals surface area contributed by atoms with Gasteiger partial charge in [0.2, 0.25) is 15.9 Å². The van der Waals surface area contributed by atoms with Crippen molar-refractivity contribution in [1.29, 1.82) is 0 Å². The second kappa shape index (κ2) is 5.46. The summed E-state index contributed by atoms with van der Waals surface area (Å²) in [4.78, 5) is 11.8. The van der Waals surface area contributed by atoms with Gasteiger partial charge in [0, 0.05) is 31.5 Å². The molecule has 1 N–H and O–H groups in total. The highest BCUT2D eigenvalue weighted by molar-refractivity contribution is 7.90. The highest BCUT2D eigenvalue weighted by atomic mass is 32.2. The molecule has 0 radical (unpaired) electrons. The topological polar surface area (TPSA) is 75.7 Å². The smallest absolute Gasteiger partial charge is 0.223 e. The Morgan fingerprint density at radius 3 is 2.55 bits per heavy atom. The van der Waals surface area contributed by atoms with Crippen molar-refractivity contribution < 1.29 is 17.9 Å². The Labute approximate surface area is 131 Å². The molecule has 0 unspecified atom stereocenters. The maximum atomic E-state index is 12.3. The molecule has 0 aromatic rings. The first-order valence-electron chi connectivity index (χ1n) is 8.46. The first-order valence-corrected chi connectivity index (χ1v) is 9.96. The summed E-state index contributed by atoms with van der Waals surface area (Å²) in [5.74, 6) is 0.657. The number of ether oxygens (including phenoxy) is 1. The fourth-order valence-electron chi connectivity index (χ4n) is 3.77. The summed E-state index contributed by atoms with van der Waals surface area (Å²) in [7, 11) is -3.07. The highest BCUT2D eigenvalue weighted by Crippen LogP contribution is 2.38. The van der Waals surface area contributed by atoms with Crippen molar-refractivity contribution in [3.8, 4) is 0 Å². The molecule has 7 heteroatoms. The SMILES string of the molecule is O=C(NC[C@H]1C[C@@H]2CN(S(=O)(=O)C3CC3)C[C@@H]2O1)C1CCC1. The van der Waals surface area contributed by atoms with Gasteiger partial charge in [0.15, 0.2) is 0 Å². The van der Waals surface area contributed by atoms with Crippen LogP contribution in [0.2, 0.25) is 0 Å². The van der Waals surface area contributed by atoms with Gasteiger partial charge in [-0.2, -0.15) is 4.31 Å². The Morgan fingerprint density at radius 2 is 1.95 bits per heavy atom. The monoisotopic (exact) mass is 328 g/mol. The molecule has 1 amide bonds. The number of rotatable bonds is 5. The molecular formula is C15H24N2O4S. The lowest BCUT2D eigenvalue weighted by molar-refractivity contribution is -0.128. The fourth-order valence-corrected chi connectivity index (χ4v) is 5.68. The van der Waals surface area contributed by atoms with Crippen LogP contribution in [0.4, 0.5) is 0 Å². The number of fused-ring (bicyclic) bond motifs is 1. The maximum absolute atomic E-state index is 12.3. The van der Waals surface area contributed by atoms with E-state index in [9.17, 15) is 13.2 Å². The van der Waals surface area contributed by atoms with Crippen LogP contribution in [-0.2, 0) is 19.6 Å². The van der Waals surface area contributed by atoms with Crippen molar-refractivity contribution in [3.63, 3.8) is 0 Å². The number of carbonyl (C=O) groups excluding carboxylic acids is 1. The average molecular weight is 328 g/mol. The van der Waals surface area contributed by atoms with Crippen LogP contribution in [0.15, 0.2) is 0 Å². The molecule has 4 fully saturated rings. The van der Waals surface area contributed by atoms with Crippen LogP contribution in [0, 0.1) is 11.8 Å². The second-order valence-corrected chi connectivity index (χ2v) is 9.44. The molecule has 4 aliphatic rings. The third kappa shape index (κ3) is 2.67. The fraction of sp³-hybridized carbons (Fsp3) is 0.933. The first-order chi connectivity index (χ1) is 10.5. The molecule has 22 heavy (non-hydrogen) atoms. The number of hydrogen-bond donors (Lipinski definition) is 1. The Hall–Kier alpha value is -0.660. The van der Waals surface area contributed by atoms with E-state index in [1.54, 1.807) is 4.31 Å². The van der Waals surface area contributed by atoms with Crippen molar-refractivity contribution >= 4 is 15.9 Å². The van der Waals surface area contributed by atoms with Crippen LogP contribution >= 0.6 is 0 Å². The predicted octanol–water partition coefficient (Wildman–Crippen LogP) is 0.484. The number of amides is 1. The zero-order chi connectivity index (χ0) is 15.3. The largest absolute Gasteiger partial charge is 0.371 e. The summed E-state index contributed by atoms with van der Waals surface area (Å²) < 4.78 is 32.1. The Morgan fingerprint density at radius 1 is 1.18 bits per heavy atom. The van der Waals surface area contributed by atoms with Crippen LogP contribution in [0.3, 0.4) is 0 Å². The highest BCUT2D eigenvalue weighted by Gasteiger charge is 2.49. The minimum Gasteiger partial charge on any atom is -0.371 e. The van der Waals surface area contributed by atoms with Crippen LogP contribution in [0.5, 0.6) is 0 Å². The molecular weight excluding hydrogens is 304 g/mol. The molecule has 0 aromatic heterocycles. The van der Waals surface area contributed by atoms with E-state index in [-0.39, 0.29) is 29.3 Å². The van der Waals surface area contributed by atoms with Crippen molar-refractivity contribution in [1.82, 2.24) is 9.62 Å². The van der Waals surface area contributed by atoms with Gasteiger partial charge in [-0.1, -0.05) is 6.42 Å². The second-order valence-electron chi connectivity index (χ2n) is 7.23. The molecule has 2 aliphatic heterocycles. The lowest BCUT2D eigenvalue weighted by Gasteiger charge is -2.25. The van der Waals surface area contributed by atoms with E-state index in [0.717, 1.165) is 38.5 Å². The van der Waals surface area contributed by atoms with E-state index in [2.05, 4.69) is 5.32 Å². The lowest BCUT2D eigenvalue weighted by Crippen LogP contribution is -2.40. The van der Waals surface area contributed by atoms with E-state index < -0.39 is 10.0 Å². The molecule has 2 heterocycles. The number of nitrogens with zero attached hydrogens (tertiary/aromatic N) is 1. The van der Waals surface area contributed by atoms with E-state index in [4.69, 9.17) is 4.74 Å². The average Bonchev–Trinajstić information content (AvgIpc) is 3.08. The summed E-state index contributed by atoms with van der Waals surface area (Å²) in [6.45, 7) is 1.66. The van der Waals surface area contributed by atoms with Crippen LogP contribution in [0.1, 0.15) is 38.5 Å². The van der Waals surface area contributed by atoms with Crippen molar-refractivity contribution in [2.75, 3.05) is 19.6 Å². The molecule has 6 nitrogen and oxygen atoms in total. The molecule has 3 atom stereocenters. The molecule has 0 spiro atoms. The molecule has 0 aromatic carbocycles. The van der Waals surface area contributed by atoms with Gasteiger partial charge >= 0.3 is 0 Å². The summed E-state index contributed by atoms with van der Waals surface area (Å²) in [5, 5.41) is 2.85. The zero-order valence-corrected chi connectivity index (χ0v) is 13.6. The van der Waals surface area contributed by atoms with Gasteiger partial charge in [0.1, 0.15) is 0 Å². The number of nitrogens with one attached hydrogen (secondary N) is 1. The van der Waals surface area contributed by atoms with Crippen molar-refractivity contribution in [3.05, 3.63) is 0 Å². The maximum Gasteiger partial charge on any atom is 0.223 e. The summed E-state index contributed by atoms with van der Waals surface area (Å²) in [6.07, 6.45) is 5.71. The van der Waals surface area contributed by atoms with Gasteiger partial charge < -0.3 is 10.1 Å². The molecule has 4 rings (SSSR count). The van der Waals surface area contributed by atoms with Gasteiger partial charge in [0.05, 0.1) is 17.5 Å². The van der Waals surface area contributed by atoms with E-state index in [0.29, 0.717) is 25.6 Å². The molecule has 0 bridgehead atoms. The third-order valence-electron chi connectivity index (χ3n) is 5.57. The number of hydrogen-bond acceptors (Lipinski definition) is 4. The number of carbonyl (C=O) groups is 1.